The van der Waals surface area contributed by atoms with E-state index in [0.717, 1.165) is 11.1 Å². The van der Waals surface area contributed by atoms with E-state index in [0.29, 0.717) is 12.3 Å². The maximum Gasteiger partial charge on any atom is 0.163 e. The summed E-state index contributed by atoms with van der Waals surface area (Å²) in [7, 11) is 0. The summed E-state index contributed by atoms with van der Waals surface area (Å²) in [5.74, 6) is 0.660. The summed E-state index contributed by atoms with van der Waals surface area (Å²) in [4.78, 5) is 11.9. The first-order valence-corrected chi connectivity index (χ1v) is 5.98. The molecule has 0 heterocycles. The Morgan fingerprint density at radius 1 is 1.00 bits per heavy atom. The van der Waals surface area contributed by atoms with Gasteiger partial charge in [0.2, 0.25) is 0 Å². The number of hydrogen-bond donors (Lipinski definition) is 0. The number of benzene rings is 2. The fraction of sp³-hybridized carbons (Fsp3) is 0.188. The standard InChI is InChI=1S/C16H14O/c1-11-9-16(17)15-10-13(7-8-14(11)15)12-5-3-2-4-6-12/h2-8,10-11H,9H2,1H3/t11-/m0/s1. The van der Waals surface area contributed by atoms with Gasteiger partial charge in [-0.15, -0.1) is 0 Å². The van der Waals surface area contributed by atoms with E-state index in [-0.39, 0.29) is 5.78 Å². The second-order valence-electron chi connectivity index (χ2n) is 4.70. The average Bonchev–Trinajstić information content (AvgIpc) is 2.66. The van der Waals surface area contributed by atoms with Crippen LogP contribution in [-0.4, -0.2) is 5.78 Å². The van der Waals surface area contributed by atoms with Crippen LogP contribution in [0.4, 0.5) is 0 Å². The molecule has 84 valence electrons. The van der Waals surface area contributed by atoms with Crippen molar-refractivity contribution in [2.24, 2.45) is 0 Å². The largest absolute Gasteiger partial charge is 0.294 e. The van der Waals surface area contributed by atoms with Crippen molar-refractivity contribution in [3.8, 4) is 11.1 Å². The summed E-state index contributed by atoms with van der Waals surface area (Å²) in [6.07, 6.45) is 0.660. The molecule has 17 heavy (non-hydrogen) atoms. The zero-order chi connectivity index (χ0) is 11.8. The molecule has 1 atom stereocenters. The molecular weight excluding hydrogens is 208 g/mol. The third-order valence-corrected chi connectivity index (χ3v) is 3.48. The van der Waals surface area contributed by atoms with Gasteiger partial charge in [-0.05, 0) is 28.7 Å². The van der Waals surface area contributed by atoms with Crippen LogP contribution in [0.15, 0.2) is 48.5 Å². The van der Waals surface area contributed by atoms with Gasteiger partial charge in [-0.3, -0.25) is 4.79 Å². The van der Waals surface area contributed by atoms with Crippen molar-refractivity contribution in [1.29, 1.82) is 0 Å². The Hall–Kier alpha value is -1.89. The minimum Gasteiger partial charge on any atom is -0.294 e. The molecule has 1 aliphatic carbocycles. The van der Waals surface area contributed by atoms with Gasteiger partial charge < -0.3 is 0 Å². The zero-order valence-corrected chi connectivity index (χ0v) is 9.81. The quantitative estimate of drug-likeness (QED) is 0.711. The first-order valence-electron chi connectivity index (χ1n) is 5.98. The van der Waals surface area contributed by atoms with Gasteiger partial charge in [0.1, 0.15) is 0 Å². The molecule has 0 saturated carbocycles. The van der Waals surface area contributed by atoms with E-state index in [1.807, 2.05) is 24.3 Å². The molecule has 0 saturated heterocycles. The van der Waals surface area contributed by atoms with Gasteiger partial charge in [0, 0.05) is 12.0 Å². The molecule has 0 spiro atoms. The van der Waals surface area contributed by atoms with Gasteiger partial charge in [0.15, 0.2) is 5.78 Å². The molecule has 0 fully saturated rings. The highest BCUT2D eigenvalue weighted by atomic mass is 16.1. The Kier molecular flexibility index (Phi) is 2.32. The van der Waals surface area contributed by atoms with Crippen molar-refractivity contribution < 1.29 is 4.79 Å². The van der Waals surface area contributed by atoms with E-state index in [4.69, 9.17) is 0 Å². The molecule has 3 rings (SSSR count). The van der Waals surface area contributed by atoms with Gasteiger partial charge in [-0.1, -0.05) is 49.4 Å². The highest BCUT2D eigenvalue weighted by molar-refractivity contribution is 6.02. The second-order valence-corrected chi connectivity index (χ2v) is 4.70. The van der Waals surface area contributed by atoms with Gasteiger partial charge in [0.05, 0.1) is 0 Å². The highest BCUT2D eigenvalue weighted by Gasteiger charge is 2.25. The lowest BCUT2D eigenvalue weighted by molar-refractivity contribution is 0.0990. The van der Waals surface area contributed by atoms with Crippen molar-refractivity contribution >= 4 is 5.78 Å². The van der Waals surface area contributed by atoms with Gasteiger partial charge >= 0.3 is 0 Å². The van der Waals surface area contributed by atoms with E-state index in [1.165, 1.54) is 11.1 Å². The second kappa shape index (κ2) is 3.85. The summed E-state index contributed by atoms with van der Waals surface area (Å²) in [6.45, 7) is 2.12. The number of ketones is 1. The number of Topliss-reactive ketones (excluding diaryl/α,β-unsaturated/α-hetero) is 1. The van der Waals surface area contributed by atoms with Crippen LogP contribution in [-0.2, 0) is 0 Å². The van der Waals surface area contributed by atoms with Crippen molar-refractivity contribution in [3.05, 3.63) is 59.7 Å². The molecule has 0 aromatic heterocycles. The Morgan fingerprint density at radius 3 is 2.53 bits per heavy atom. The first kappa shape index (κ1) is 10.3. The van der Waals surface area contributed by atoms with Crippen LogP contribution in [0.3, 0.4) is 0 Å². The summed E-state index contributed by atoms with van der Waals surface area (Å²) < 4.78 is 0. The van der Waals surface area contributed by atoms with E-state index in [1.54, 1.807) is 0 Å². The fourth-order valence-electron chi connectivity index (χ4n) is 2.54. The molecule has 0 N–H and O–H groups in total. The van der Waals surface area contributed by atoms with Crippen molar-refractivity contribution in [3.63, 3.8) is 0 Å². The lowest BCUT2D eigenvalue weighted by Crippen LogP contribution is -1.91. The maximum absolute atomic E-state index is 11.9. The van der Waals surface area contributed by atoms with Crippen LogP contribution in [0.2, 0.25) is 0 Å². The van der Waals surface area contributed by atoms with Gasteiger partial charge in [-0.25, -0.2) is 0 Å². The zero-order valence-electron chi connectivity index (χ0n) is 9.81. The average molecular weight is 222 g/mol. The lowest BCUT2D eigenvalue weighted by Gasteiger charge is -2.06. The fourth-order valence-corrected chi connectivity index (χ4v) is 2.54. The van der Waals surface area contributed by atoms with Crippen molar-refractivity contribution in [2.75, 3.05) is 0 Å². The minimum atomic E-state index is 0.283. The van der Waals surface area contributed by atoms with Crippen LogP contribution >= 0.6 is 0 Å². The molecular formula is C16H14O. The number of carbonyl (C=O) groups is 1. The number of rotatable bonds is 1. The predicted octanol–water partition coefficient (Wildman–Crippen LogP) is 4.04. The number of fused-ring (bicyclic) bond motifs is 1. The molecule has 0 amide bonds. The molecule has 0 aliphatic heterocycles. The number of carbonyl (C=O) groups excluding carboxylic acids is 1. The van der Waals surface area contributed by atoms with Crippen molar-refractivity contribution in [2.45, 2.75) is 19.3 Å². The van der Waals surface area contributed by atoms with E-state index < -0.39 is 0 Å². The predicted molar refractivity (Wildman–Crippen MR) is 69.2 cm³/mol. The topological polar surface area (TPSA) is 17.1 Å². The Morgan fingerprint density at radius 2 is 1.76 bits per heavy atom. The Bertz CT molecular complexity index is 569. The van der Waals surface area contributed by atoms with E-state index >= 15 is 0 Å². The smallest absolute Gasteiger partial charge is 0.163 e. The van der Waals surface area contributed by atoms with E-state index in [2.05, 4.69) is 31.2 Å². The normalized spacial score (nSPS) is 18.2. The Labute approximate surface area is 101 Å². The van der Waals surface area contributed by atoms with E-state index in [9.17, 15) is 4.79 Å². The van der Waals surface area contributed by atoms with Crippen LogP contribution < -0.4 is 0 Å². The van der Waals surface area contributed by atoms with Gasteiger partial charge in [0.25, 0.3) is 0 Å². The molecule has 1 aliphatic rings. The SMILES string of the molecule is C[C@H]1CC(=O)c2cc(-c3ccccc3)ccc21. The van der Waals surface area contributed by atoms with Crippen LogP contribution in [0, 0.1) is 0 Å². The summed E-state index contributed by atoms with van der Waals surface area (Å²) in [5.41, 5.74) is 4.42. The Balaban J connectivity index is 2.11. The van der Waals surface area contributed by atoms with Crippen molar-refractivity contribution in [1.82, 2.24) is 0 Å². The molecule has 0 bridgehead atoms. The van der Waals surface area contributed by atoms with Crippen LogP contribution in [0.5, 0.6) is 0 Å². The maximum atomic E-state index is 11.9. The molecule has 1 nitrogen and oxygen atoms in total. The highest BCUT2D eigenvalue weighted by Crippen LogP contribution is 2.35. The number of hydrogen-bond acceptors (Lipinski definition) is 1. The minimum absolute atomic E-state index is 0.283. The molecule has 2 aromatic rings. The third kappa shape index (κ3) is 1.68. The third-order valence-electron chi connectivity index (χ3n) is 3.48. The molecule has 0 unspecified atom stereocenters. The monoisotopic (exact) mass is 222 g/mol. The summed E-state index contributed by atoms with van der Waals surface area (Å²) in [6, 6.07) is 16.5. The van der Waals surface area contributed by atoms with Crippen LogP contribution in [0.25, 0.3) is 11.1 Å². The molecule has 1 heteroatoms. The first-order chi connectivity index (χ1) is 8.25. The molecule has 0 radical (unpaired) electrons. The summed E-state index contributed by atoms with van der Waals surface area (Å²) in [5, 5.41) is 0. The van der Waals surface area contributed by atoms with Crippen LogP contribution in [0.1, 0.15) is 35.2 Å². The summed E-state index contributed by atoms with van der Waals surface area (Å²) >= 11 is 0. The van der Waals surface area contributed by atoms with Gasteiger partial charge in [-0.2, -0.15) is 0 Å². The molecule has 2 aromatic carbocycles. The lowest BCUT2D eigenvalue weighted by atomic mass is 9.98.